The molecule has 2 saturated carbocycles. The van der Waals surface area contributed by atoms with E-state index in [1.165, 1.54) is 23.3 Å². The van der Waals surface area contributed by atoms with E-state index in [9.17, 15) is 33.0 Å². The van der Waals surface area contributed by atoms with Gasteiger partial charge < -0.3 is 39.4 Å². The molecule has 0 bridgehead atoms. The number of hydrogen-bond donors (Lipinski definition) is 5. The van der Waals surface area contributed by atoms with Crippen LogP contribution in [-0.2, 0) is 56.3 Å². The van der Waals surface area contributed by atoms with Gasteiger partial charge in [0.05, 0.1) is 56.1 Å². The van der Waals surface area contributed by atoms with Crippen molar-refractivity contribution in [2.45, 2.75) is 159 Å². The van der Waals surface area contributed by atoms with Crippen molar-refractivity contribution in [3.63, 3.8) is 0 Å². The number of hydrogen-bond acceptors (Lipinski definition) is 13. The second-order valence-corrected chi connectivity index (χ2v) is 21.0. The maximum Gasteiger partial charge on any atom is 0.306 e. The number of carbonyl (C=O) groups is 3. The van der Waals surface area contributed by atoms with Crippen LogP contribution in [0.4, 0.5) is 0 Å². The third kappa shape index (κ3) is 21.0. The highest BCUT2D eigenvalue weighted by Gasteiger charge is 2.48. The first kappa shape index (κ1) is 59.2. The van der Waals surface area contributed by atoms with E-state index in [2.05, 4.69) is 43.3 Å². The van der Waals surface area contributed by atoms with Gasteiger partial charge in [-0.05, 0) is 125 Å². The number of aliphatic hydroxyl groups is 4. The van der Waals surface area contributed by atoms with E-state index in [-0.39, 0.29) is 54.1 Å². The third-order valence-electron chi connectivity index (χ3n) is 13.8. The van der Waals surface area contributed by atoms with Gasteiger partial charge in [0, 0.05) is 38.0 Å². The number of benzene rings is 3. The summed E-state index contributed by atoms with van der Waals surface area (Å²) in [6.45, 7) is 8.72. The number of fused-ring (bicyclic) bond motifs is 1. The molecule has 2 saturated heterocycles. The summed E-state index contributed by atoms with van der Waals surface area (Å²) in [7, 11) is -4.02. The minimum absolute atomic E-state index is 0.0158. The van der Waals surface area contributed by atoms with Crippen molar-refractivity contribution in [3.8, 4) is 0 Å². The van der Waals surface area contributed by atoms with E-state index in [1.54, 1.807) is 12.1 Å². The maximum atomic E-state index is 12.1. The molecular weight excluding hydrogens is 929 g/mol. The Morgan fingerprint density at radius 3 is 1.97 bits per heavy atom. The Balaban J connectivity index is 0.000000250. The molecule has 3 aromatic carbocycles. The van der Waals surface area contributed by atoms with Crippen LogP contribution in [0.5, 0.6) is 0 Å². The molecule has 394 valence electrons. The van der Waals surface area contributed by atoms with Gasteiger partial charge in [-0.25, -0.2) is 0 Å². The molecule has 1 unspecified atom stereocenters. The number of esters is 2. The molecule has 8 atom stereocenters. The average molecular weight is 1010 g/mol. The van der Waals surface area contributed by atoms with Crippen LogP contribution in [0.3, 0.4) is 0 Å². The summed E-state index contributed by atoms with van der Waals surface area (Å²) in [5.41, 5.74) is 3.44. The highest BCUT2D eigenvalue weighted by Crippen LogP contribution is 2.47. The smallest absolute Gasteiger partial charge is 0.306 e. The van der Waals surface area contributed by atoms with E-state index in [0.717, 1.165) is 63.4 Å². The summed E-state index contributed by atoms with van der Waals surface area (Å²) in [6, 6.07) is 26.5. The number of unbranched alkanes of at least 4 members (excludes halogenated alkanes) is 1. The van der Waals surface area contributed by atoms with E-state index >= 15 is 0 Å². The SMILES string of the molecule is CC(C)OC(=O)CCC/C=C\C[C@@H]1[C@@H](CCC2(CCc3ccccc3)OCCO2)[C@H](O)C[C@@H]1O.CC1C[C@@H]2OC(=O)C[C@@H]2[C@H]1CCC(=O)CCc1ccccc1.Cc1ccc(S(=O)(=O)O)cc1.OCCO. The van der Waals surface area contributed by atoms with E-state index < -0.39 is 28.1 Å². The zero-order valence-corrected chi connectivity index (χ0v) is 43.0. The lowest BCUT2D eigenvalue weighted by atomic mass is 9.84. The molecule has 71 heavy (non-hydrogen) atoms. The van der Waals surface area contributed by atoms with Crippen molar-refractivity contribution in [2.75, 3.05) is 26.4 Å². The van der Waals surface area contributed by atoms with Crippen LogP contribution < -0.4 is 0 Å². The Morgan fingerprint density at radius 2 is 1.38 bits per heavy atom. The highest BCUT2D eigenvalue weighted by atomic mass is 32.2. The third-order valence-corrected chi connectivity index (χ3v) is 14.7. The standard InChI is InChI=1S/C28H42O6.C19H24O3.C7H8O3S.C2H6O2/c1-21(2)34-27(31)13-9-4-3-8-12-23-24(26(30)20-25(23)29)15-17-28(32-18-19-33-28)16-14-22-10-6-5-7-11-22;1-13-11-18-17(12-19(21)22-18)16(13)10-9-15(20)8-7-14-5-3-2-4-6-14;1-6-2-4-7(5-3-6)11(8,9)10;3-1-2-4/h3,5-8,10-11,21,23-26,29-30H,4,9,12-20H2,1-2H3;2-6,13,16-18H,7-12H2,1H3;2-5H,1H3,(H,8,9,10);3-4H,1-2H2/b8-3-;;;/t23-,24-,25+,26-;13?,16-,17+,18-;;/m10../s1. The molecule has 3 aromatic rings. The molecule has 2 aliphatic carbocycles. The Morgan fingerprint density at radius 1 is 0.775 bits per heavy atom. The summed E-state index contributed by atoms with van der Waals surface area (Å²) in [4.78, 5) is 35.1. The fourth-order valence-electron chi connectivity index (χ4n) is 10.1. The molecule has 0 aromatic heterocycles. The molecule has 2 aliphatic heterocycles. The topological polar surface area (TPSA) is 223 Å². The summed E-state index contributed by atoms with van der Waals surface area (Å²) in [6.07, 6.45) is 13.9. The van der Waals surface area contributed by atoms with Crippen molar-refractivity contribution in [1.82, 2.24) is 0 Å². The molecule has 0 amide bonds. The number of allylic oxidation sites excluding steroid dienone is 2. The van der Waals surface area contributed by atoms with Crippen molar-refractivity contribution in [2.24, 2.45) is 29.6 Å². The number of ketones is 1. The van der Waals surface area contributed by atoms with Crippen molar-refractivity contribution in [1.29, 1.82) is 0 Å². The van der Waals surface area contributed by atoms with Gasteiger partial charge in [-0.1, -0.05) is 97.4 Å². The van der Waals surface area contributed by atoms with Gasteiger partial charge in [-0.3, -0.25) is 18.9 Å². The van der Waals surface area contributed by atoms with E-state index in [0.29, 0.717) is 75.3 Å². The second kappa shape index (κ2) is 30.7. The highest BCUT2D eigenvalue weighted by molar-refractivity contribution is 7.85. The van der Waals surface area contributed by atoms with Gasteiger partial charge in [-0.2, -0.15) is 8.42 Å². The minimum Gasteiger partial charge on any atom is -0.463 e. The number of carbonyl (C=O) groups excluding carboxylic acids is 3. The van der Waals surface area contributed by atoms with Crippen LogP contribution in [0, 0.1) is 36.5 Å². The first-order valence-corrected chi connectivity index (χ1v) is 26.9. The van der Waals surface area contributed by atoms with Crippen molar-refractivity contribution in [3.05, 3.63) is 114 Å². The number of ether oxygens (including phenoxy) is 4. The molecule has 2 heterocycles. The van der Waals surface area contributed by atoms with Gasteiger partial charge in [0.25, 0.3) is 10.1 Å². The summed E-state index contributed by atoms with van der Waals surface area (Å²) < 4.78 is 52.2. The molecule has 14 nitrogen and oxygen atoms in total. The van der Waals surface area contributed by atoms with Gasteiger partial charge >= 0.3 is 11.9 Å². The summed E-state index contributed by atoms with van der Waals surface area (Å²) in [5, 5.41) is 36.5. The molecule has 0 spiro atoms. The predicted molar refractivity (Wildman–Crippen MR) is 271 cm³/mol. The van der Waals surface area contributed by atoms with E-state index in [4.69, 9.17) is 33.7 Å². The molecule has 4 aliphatic rings. The summed E-state index contributed by atoms with van der Waals surface area (Å²) >= 11 is 0. The normalized spacial score (nSPS) is 24.2. The Bertz CT molecular complexity index is 2140. The molecule has 5 N–H and O–H groups in total. The Hall–Kier alpha value is -4.32. The lowest BCUT2D eigenvalue weighted by Crippen LogP contribution is -2.33. The molecule has 4 fully saturated rings. The van der Waals surface area contributed by atoms with Crippen LogP contribution in [0.15, 0.2) is 102 Å². The average Bonchev–Trinajstić information content (AvgIpc) is 4.10. The van der Waals surface area contributed by atoms with Crippen LogP contribution in [0.2, 0.25) is 0 Å². The fourth-order valence-corrected chi connectivity index (χ4v) is 10.6. The van der Waals surface area contributed by atoms with Crippen LogP contribution in [-0.4, -0.2) is 108 Å². The van der Waals surface area contributed by atoms with Crippen LogP contribution in [0.25, 0.3) is 0 Å². The van der Waals surface area contributed by atoms with Gasteiger partial charge in [0.1, 0.15) is 11.9 Å². The Labute approximate surface area is 421 Å². The first-order valence-electron chi connectivity index (χ1n) is 25.5. The molecule has 0 radical (unpaired) electrons. The quantitative estimate of drug-likeness (QED) is 0.0293. The Kier molecular flexibility index (Phi) is 25.6. The van der Waals surface area contributed by atoms with Gasteiger partial charge in [0.15, 0.2) is 5.79 Å². The number of Topliss-reactive ketones (excluding diaryl/α,β-unsaturated/α-hetero) is 1. The zero-order valence-electron chi connectivity index (χ0n) is 42.2. The number of rotatable bonds is 21. The number of aryl methyl sites for hydroxylation is 3. The van der Waals surface area contributed by atoms with Crippen molar-refractivity contribution >= 4 is 27.8 Å². The van der Waals surface area contributed by atoms with Gasteiger partial charge in [0.2, 0.25) is 0 Å². The van der Waals surface area contributed by atoms with Crippen molar-refractivity contribution < 1.29 is 66.7 Å². The number of aliphatic hydroxyl groups excluding tert-OH is 4. The predicted octanol–water partition coefficient (Wildman–Crippen LogP) is 8.34. The minimum atomic E-state index is -4.02. The molecular formula is C56H80O14S. The second-order valence-electron chi connectivity index (χ2n) is 19.5. The zero-order chi connectivity index (χ0) is 51.8. The first-order chi connectivity index (χ1) is 33.9. The van der Waals surface area contributed by atoms with E-state index in [1.807, 2.05) is 57.2 Å². The fraction of sp³-hybridized carbons (Fsp3) is 0.589. The lowest BCUT2D eigenvalue weighted by Gasteiger charge is -2.31. The molecule has 15 heteroatoms. The monoisotopic (exact) mass is 1010 g/mol. The van der Waals surface area contributed by atoms with Gasteiger partial charge in [-0.15, -0.1) is 0 Å². The summed E-state index contributed by atoms with van der Waals surface area (Å²) in [5.74, 6) is 0.939. The largest absolute Gasteiger partial charge is 0.463 e. The molecule has 7 rings (SSSR count). The van der Waals surface area contributed by atoms with Crippen LogP contribution >= 0.6 is 0 Å². The lowest BCUT2D eigenvalue weighted by molar-refractivity contribution is -0.170. The van der Waals surface area contributed by atoms with Crippen LogP contribution in [0.1, 0.15) is 121 Å². The maximum absolute atomic E-state index is 12.1.